The predicted octanol–water partition coefficient (Wildman–Crippen LogP) is 3.55. The number of rotatable bonds is 6. The average Bonchev–Trinajstić information content (AvgIpc) is 3.28. The van der Waals surface area contributed by atoms with Gasteiger partial charge in [0.25, 0.3) is 0 Å². The number of carbonyl (C=O) groups excluding carboxylic acids is 2. The van der Waals surface area contributed by atoms with Gasteiger partial charge in [0.2, 0.25) is 11.8 Å². The quantitative estimate of drug-likeness (QED) is 0.824. The van der Waals surface area contributed by atoms with Gasteiger partial charge < -0.3 is 10.2 Å². The number of carbonyl (C=O) groups is 2. The van der Waals surface area contributed by atoms with Gasteiger partial charge in [-0.1, -0.05) is 25.7 Å². The number of hydrogen-bond donors (Lipinski definition) is 1. The molecule has 26 heavy (non-hydrogen) atoms. The highest BCUT2D eigenvalue weighted by Gasteiger charge is 2.27. The van der Waals surface area contributed by atoms with Crippen molar-refractivity contribution in [1.29, 1.82) is 0 Å². The molecule has 144 valence electrons. The molecule has 3 rings (SSSR count). The highest BCUT2D eigenvalue weighted by Crippen LogP contribution is 2.31. The average molecular weight is 378 g/mol. The SMILES string of the molecule is Cc1nc(C2CCCN(C(=O)CNC(=O)CCC3CCCC3)C2)sc1C. The molecule has 2 amide bonds. The summed E-state index contributed by atoms with van der Waals surface area (Å²) >= 11 is 1.75. The molecular formula is C20H31N3O2S. The van der Waals surface area contributed by atoms with Crippen molar-refractivity contribution >= 4 is 23.2 Å². The van der Waals surface area contributed by atoms with Crippen LogP contribution in [0.4, 0.5) is 0 Å². The highest BCUT2D eigenvalue weighted by atomic mass is 32.1. The Morgan fingerprint density at radius 2 is 1.96 bits per heavy atom. The van der Waals surface area contributed by atoms with Gasteiger partial charge in [-0.15, -0.1) is 11.3 Å². The number of nitrogens with one attached hydrogen (secondary N) is 1. The molecule has 0 aromatic carbocycles. The van der Waals surface area contributed by atoms with E-state index in [1.807, 2.05) is 11.8 Å². The molecule has 6 heteroatoms. The largest absolute Gasteiger partial charge is 0.347 e. The lowest BCUT2D eigenvalue weighted by Gasteiger charge is -2.32. The third kappa shape index (κ3) is 5.06. The van der Waals surface area contributed by atoms with E-state index in [1.165, 1.54) is 30.6 Å². The third-order valence-corrected chi connectivity index (χ3v) is 7.09. The van der Waals surface area contributed by atoms with Gasteiger partial charge in [0.1, 0.15) is 0 Å². The van der Waals surface area contributed by atoms with Gasteiger partial charge in [0, 0.05) is 30.3 Å². The summed E-state index contributed by atoms with van der Waals surface area (Å²) in [5, 5.41) is 3.98. The molecular weight excluding hydrogens is 346 g/mol. The van der Waals surface area contributed by atoms with Crippen LogP contribution in [0.25, 0.3) is 0 Å². The van der Waals surface area contributed by atoms with E-state index in [4.69, 9.17) is 0 Å². The van der Waals surface area contributed by atoms with Crippen LogP contribution in [-0.4, -0.2) is 41.3 Å². The summed E-state index contributed by atoms with van der Waals surface area (Å²) in [4.78, 5) is 32.4. The molecule has 1 atom stereocenters. The molecule has 0 bridgehead atoms. The Morgan fingerprint density at radius 3 is 2.65 bits per heavy atom. The van der Waals surface area contributed by atoms with E-state index in [-0.39, 0.29) is 18.4 Å². The van der Waals surface area contributed by atoms with Crippen molar-refractivity contribution in [2.75, 3.05) is 19.6 Å². The Labute approximate surface area is 160 Å². The highest BCUT2D eigenvalue weighted by molar-refractivity contribution is 7.11. The first-order valence-electron chi connectivity index (χ1n) is 10.0. The van der Waals surface area contributed by atoms with Crippen LogP contribution >= 0.6 is 11.3 Å². The van der Waals surface area contributed by atoms with Gasteiger partial charge in [-0.25, -0.2) is 4.98 Å². The maximum atomic E-state index is 12.5. The molecule has 0 spiro atoms. The fourth-order valence-electron chi connectivity index (χ4n) is 4.09. The second kappa shape index (κ2) is 8.98. The Kier molecular flexibility index (Phi) is 6.68. The fourth-order valence-corrected chi connectivity index (χ4v) is 5.13. The molecule has 1 saturated heterocycles. The minimum atomic E-state index is 0.0185. The molecule has 1 aliphatic heterocycles. The minimum Gasteiger partial charge on any atom is -0.347 e. The van der Waals surface area contributed by atoms with E-state index in [0.717, 1.165) is 43.1 Å². The first-order valence-corrected chi connectivity index (χ1v) is 10.8. The minimum absolute atomic E-state index is 0.0185. The summed E-state index contributed by atoms with van der Waals surface area (Å²) in [5.74, 6) is 1.10. The van der Waals surface area contributed by atoms with E-state index in [0.29, 0.717) is 18.3 Å². The van der Waals surface area contributed by atoms with Crippen molar-refractivity contribution in [2.24, 2.45) is 5.92 Å². The van der Waals surface area contributed by atoms with Crippen LogP contribution in [0.5, 0.6) is 0 Å². The zero-order valence-corrected chi connectivity index (χ0v) is 16.9. The van der Waals surface area contributed by atoms with Gasteiger partial charge in [-0.05, 0) is 39.0 Å². The number of nitrogens with zero attached hydrogens (tertiary/aromatic N) is 2. The monoisotopic (exact) mass is 377 g/mol. The maximum absolute atomic E-state index is 12.5. The lowest BCUT2D eigenvalue weighted by Crippen LogP contribution is -2.44. The van der Waals surface area contributed by atoms with E-state index < -0.39 is 0 Å². The van der Waals surface area contributed by atoms with Crippen LogP contribution in [0.15, 0.2) is 0 Å². The molecule has 5 nitrogen and oxygen atoms in total. The first-order chi connectivity index (χ1) is 12.5. The van der Waals surface area contributed by atoms with Gasteiger partial charge in [0.05, 0.1) is 17.2 Å². The number of piperidine rings is 1. The Bertz CT molecular complexity index is 618. The molecule has 2 fully saturated rings. The number of likely N-dealkylation sites (tertiary alicyclic amines) is 1. The molecule has 0 radical (unpaired) electrons. The topological polar surface area (TPSA) is 62.3 Å². The van der Waals surface area contributed by atoms with Crippen LogP contribution in [-0.2, 0) is 9.59 Å². The second-order valence-electron chi connectivity index (χ2n) is 7.84. The van der Waals surface area contributed by atoms with Crippen molar-refractivity contribution in [1.82, 2.24) is 15.2 Å². The predicted molar refractivity (Wildman–Crippen MR) is 104 cm³/mol. The van der Waals surface area contributed by atoms with Crippen LogP contribution in [0.3, 0.4) is 0 Å². The summed E-state index contributed by atoms with van der Waals surface area (Å²) in [6.07, 6.45) is 8.74. The summed E-state index contributed by atoms with van der Waals surface area (Å²) in [6, 6.07) is 0. The second-order valence-corrected chi connectivity index (χ2v) is 9.07. The van der Waals surface area contributed by atoms with E-state index in [2.05, 4.69) is 17.2 Å². The van der Waals surface area contributed by atoms with Gasteiger partial charge in [-0.3, -0.25) is 9.59 Å². The Morgan fingerprint density at radius 1 is 1.19 bits per heavy atom. The summed E-state index contributed by atoms with van der Waals surface area (Å²) in [6.45, 7) is 5.79. The molecule has 2 heterocycles. The zero-order chi connectivity index (χ0) is 18.5. The number of thiazole rings is 1. The summed E-state index contributed by atoms with van der Waals surface area (Å²) < 4.78 is 0. The molecule has 1 aromatic heterocycles. The lowest BCUT2D eigenvalue weighted by atomic mass is 9.98. The van der Waals surface area contributed by atoms with Crippen molar-refractivity contribution in [3.63, 3.8) is 0 Å². The molecule has 1 aromatic rings. The van der Waals surface area contributed by atoms with Gasteiger partial charge >= 0.3 is 0 Å². The van der Waals surface area contributed by atoms with Crippen LogP contribution in [0.1, 0.15) is 72.9 Å². The number of aromatic nitrogens is 1. The molecule has 1 N–H and O–H groups in total. The first kappa shape index (κ1) is 19.3. The van der Waals surface area contributed by atoms with Crippen molar-refractivity contribution in [2.45, 2.75) is 71.1 Å². The van der Waals surface area contributed by atoms with Crippen molar-refractivity contribution < 1.29 is 9.59 Å². The Balaban J connectivity index is 1.42. The maximum Gasteiger partial charge on any atom is 0.241 e. The Hall–Kier alpha value is -1.43. The van der Waals surface area contributed by atoms with E-state index in [9.17, 15) is 9.59 Å². The van der Waals surface area contributed by atoms with Crippen LogP contribution in [0, 0.1) is 19.8 Å². The van der Waals surface area contributed by atoms with Crippen molar-refractivity contribution in [3.05, 3.63) is 15.6 Å². The van der Waals surface area contributed by atoms with Crippen molar-refractivity contribution in [3.8, 4) is 0 Å². The van der Waals surface area contributed by atoms with Crippen LogP contribution < -0.4 is 5.32 Å². The molecule has 1 saturated carbocycles. The number of hydrogen-bond acceptors (Lipinski definition) is 4. The summed E-state index contributed by atoms with van der Waals surface area (Å²) in [5.41, 5.74) is 1.10. The lowest BCUT2D eigenvalue weighted by molar-refractivity contribution is -0.133. The third-order valence-electron chi connectivity index (χ3n) is 5.86. The van der Waals surface area contributed by atoms with Crippen LogP contribution in [0.2, 0.25) is 0 Å². The van der Waals surface area contributed by atoms with Gasteiger partial charge in [0.15, 0.2) is 0 Å². The zero-order valence-electron chi connectivity index (χ0n) is 16.1. The smallest absolute Gasteiger partial charge is 0.241 e. The van der Waals surface area contributed by atoms with E-state index in [1.54, 1.807) is 11.3 Å². The molecule has 1 unspecified atom stereocenters. The standard InChI is InChI=1S/C20H31N3O2S/c1-14-15(2)26-20(22-14)17-8-5-11-23(13-17)19(25)12-21-18(24)10-9-16-6-3-4-7-16/h16-17H,3-13H2,1-2H3,(H,21,24). The van der Waals surface area contributed by atoms with E-state index >= 15 is 0 Å². The summed E-state index contributed by atoms with van der Waals surface area (Å²) in [7, 11) is 0. The number of aryl methyl sites for hydroxylation is 2. The van der Waals surface area contributed by atoms with Gasteiger partial charge in [-0.2, -0.15) is 0 Å². The normalized spacial score (nSPS) is 21.2. The molecule has 1 aliphatic carbocycles. The molecule has 2 aliphatic rings. The fraction of sp³-hybridized carbons (Fsp3) is 0.750. The number of amides is 2.